The lowest BCUT2D eigenvalue weighted by atomic mass is 9.96. The fourth-order valence-electron chi connectivity index (χ4n) is 4.49. The highest BCUT2D eigenvalue weighted by molar-refractivity contribution is 7.80. The van der Waals surface area contributed by atoms with Crippen LogP contribution in [0.25, 0.3) is 0 Å². The van der Waals surface area contributed by atoms with Crippen LogP contribution in [0.3, 0.4) is 0 Å². The molecule has 0 aromatic carbocycles. The van der Waals surface area contributed by atoms with Crippen molar-refractivity contribution in [1.29, 1.82) is 0 Å². The second-order valence-electron chi connectivity index (χ2n) is 9.68. The minimum Gasteiger partial charge on any atom is -0.463 e. The predicted molar refractivity (Wildman–Crippen MR) is 142 cm³/mol. The second-order valence-corrected chi connectivity index (χ2v) is 10.2. The zero-order chi connectivity index (χ0) is 33.3. The molecule has 248 valence electrons. The molecule has 0 radical (unpaired) electrons. The van der Waals surface area contributed by atoms with E-state index in [-0.39, 0.29) is 0 Å². The maximum Gasteiger partial charge on any atom is 0.303 e. The first-order valence-corrected chi connectivity index (χ1v) is 13.8. The van der Waals surface area contributed by atoms with Crippen molar-refractivity contribution in [3.8, 4) is 0 Å². The Morgan fingerprint density at radius 1 is 0.477 bits per heavy atom. The quantitative estimate of drug-likeness (QED) is 0.170. The number of carbonyl (C=O) groups is 7. The van der Waals surface area contributed by atoms with Crippen LogP contribution in [-0.4, -0.2) is 116 Å². The Bertz CT molecular complexity index is 1090. The molecule has 0 spiro atoms. The lowest BCUT2D eigenvalue weighted by Gasteiger charge is -2.48. The molecule has 0 unspecified atom stereocenters. The largest absolute Gasteiger partial charge is 0.463 e. The van der Waals surface area contributed by atoms with Gasteiger partial charge in [-0.2, -0.15) is 0 Å². The Kier molecular flexibility index (Phi) is 13.8. The molecule has 2 heterocycles. The standard InChI is InChI=1S/C26H36O17S/c1-10(27)34-8-17-19(36-12(3)29)21(37-13(4)30)23(39-15(6)32)25(41-17)43-20-18(9-35-11(2)28)42-26(44)24(40-16(7)33)22(20)38-14(5)31/h17-26,44H,8-9H2,1-7H3/t17-,18-,19-,20-,21+,22+,23-,24-,25-,26-/m1/s1. The van der Waals surface area contributed by atoms with Gasteiger partial charge in [0.2, 0.25) is 0 Å². The third-order valence-corrected chi connectivity index (χ3v) is 6.32. The van der Waals surface area contributed by atoms with E-state index in [0.29, 0.717) is 0 Å². The van der Waals surface area contributed by atoms with Gasteiger partial charge >= 0.3 is 41.8 Å². The van der Waals surface area contributed by atoms with Crippen LogP contribution in [0, 0.1) is 0 Å². The summed E-state index contributed by atoms with van der Waals surface area (Å²) >= 11 is 4.30. The molecule has 10 atom stereocenters. The Hall–Kier alpha value is -3.48. The smallest absolute Gasteiger partial charge is 0.303 e. The lowest BCUT2D eigenvalue weighted by molar-refractivity contribution is -0.341. The van der Waals surface area contributed by atoms with E-state index in [0.717, 1.165) is 48.5 Å². The third kappa shape index (κ3) is 10.9. The maximum absolute atomic E-state index is 12.2. The van der Waals surface area contributed by atoms with Crippen molar-refractivity contribution in [1.82, 2.24) is 0 Å². The van der Waals surface area contributed by atoms with Gasteiger partial charge < -0.3 is 47.4 Å². The summed E-state index contributed by atoms with van der Waals surface area (Å²) in [6.45, 7) is 6.50. The van der Waals surface area contributed by atoms with Gasteiger partial charge in [-0.3, -0.25) is 33.6 Å². The van der Waals surface area contributed by atoms with Crippen LogP contribution in [0.1, 0.15) is 48.5 Å². The minimum atomic E-state index is -1.74. The monoisotopic (exact) mass is 652 g/mol. The average molecular weight is 653 g/mol. The molecule has 17 nitrogen and oxygen atoms in total. The van der Waals surface area contributed by atoms with Gasteiger partial charge in [-0.05, 0) is 0 Å². The van der Waals surface area contributed by atoms with Crippen molar-refractivity contribution in [2.24, 2.45) is 0 Å². The lowest BCUT2D eigenvalue weighted by Crippen LogP contribution is -2.66. The van der Waals surface area contributed by atoms with E-state index in [4.69, 9.17) is 47.4 Å². The normalized spacial score (nSPS) is 31.5. The Morgan fingerprint density at radius 3 is 1.27 bits per heavy atom. The van der Waals surface area contributed by atoms with E-state index in [1.165, 1.54) is 0 Å². The topological polar surface area (TPSA) is 212 Å². The predicted octanol–water partition coefficient (Wildman–Crippen LogP) is -0.464. The molecule has 2 aliphatic rings. The molecule has 2 aliphatic heterocycles. The molecule has 2 saturated heterocycles. The molecule has 0 saturated carbocycles. The highest BCUT2D eigenvalue weighted by Gasteiger charge is 2.57. The number of hydrogen-bond acceptors (Lipinski definition) is 18. The van der Waals surface area contributed by atoms with Crippen molar-refractivity contribution >= 4 is 54.4 Å². The molecule has 0 amide bonds. The number of rotatable bonds is 11. The van der Waals surface area contributed by atoms with Crippen LogP contribution in [-0.2, 0) is 80.9 Å². The first-order chi connectivity index (χ1) is 20.5. The van der Waals surface area contributed by atoms with E-state index < -0.39 is 116 Å². The number of hydrogen-bond donors (Lipinski definition) is 1. The molecule has 0 aromatic rings. The number of thiol groups is 1. The van der Waals surface area contributed by atoms with E-state index in [1.807, 2.05) is 0 Å². The molecular weight excluding hydrogens is 616 g/mol. The molecule has 2 fully saturated rings. The van der Waals surface area contributed by atoms with Crippen molar-refractivity contribution < 1.29 is 80.9 Å². The summed E-state index contributed by atoms with van der Waals surface area (Å²) in [5.74, 6) is -5.69. The average Bonchev–Trinajstić information content (AvgIpc) is 2.87. The Balaban J connectivity index is 2.66. The van der Waals surface area contributed by atoms with Crippen molar-refractivity contribution in [2.75, 3.05) is 13.2 Å². The first-order valence-electron chi connectivity index (χ1n) is 13.3. The Morgan fingerprint density at radius 2 is 0.841 bits per heavy atom. The summed E-state index contributed by atoms with van der Waals surface area (Å²) in [4.78, 5) is 83.7. The molecule has 0 N–H and O–H groups in total. The summed E-state index contributed by atoms with van der Waals surface area (Å²) < 4.78 is 55.0. The van der Waals surface area contributed by atoms with E-state index in [2.05, 4.69) is 12.6 Å². The highest BCUT2D eigenvalue weighted by Crippen LogP contribution is 2.35. The van der Waals surface area contributed by atoms with Crippen LogP contribution in [0.5, 0.6) is 0 Å². The summed E-state index contributed by atoms with van der Waals surface area (Å²) in [6, 6.07) is 0. The van der Waals surface area contributed by atoms with Gasteiger partial charge in [0.1, 0.15) is 37.0 Å². The highest BCUT2D eigenvalue weighted by atomic mass is 32.1. The summed E-state index contributed by atoms with van der Waals surface area (Å²) in [5.41, 5.74) is -1.21. The van der Waals surface area contributed by atoms with Gasteiger partial charge in [-0.25, -0.2) is 0 Å². The van der Waals surface area contributed by atoms with Crippen LogP contribution in [0.15, 0.2) is 0 Å². The SMILES string of the molecule is CC(=O)OC[C@H]1O[C@H](S)[C@H](OC(C)=O)[C@@H](OC(C)=O)[C@@H]1O[C@H]1O[C@H](COC(C)=O)[C@@H](OC(C)=O)[C@H](OC(C)=O)[C@H]1OC(C)=O. The summed E-state index contributed by atoms with van der Waals surface area (Å²) in [7, 11) is 0. The zero-order valence-corrected chi connectivity index (χ0v) is 26.0. The van der Waals surface area contributed by atoms with Crippen molar-refractivity contribution in [2.45, 2.75) is 109 Å². The van der Waals surface area contributed by atoms with E-state index >= 15 is 0 Å². The van der Waals surface area contributed by atoms with E-state index in [1.54, 1.807) is 0 Å². The Labute approximate surface area is 257 Å². The van der Waals surface area contributed by atoms with Gasteiger partial charge in [-0.1, -0.05) is 0 Å². The van der Waals surface area contributed by atoms with Crippen LogP contribution in [0.4, 0.5) is 0 Å². The van der Waals surface area contributed by atoms with Crippen LogP contribution < -0.4 is 0 Å². The number of carbonyl (C=O) groups excluding carboxylic acids is 7. The molecule has 18 heteroatoms. The minimum absolute atomic E-state index is 0.479. The zero-order valence-electron chi connectivity index (χ0n) is 25.1. The number of esters is 7. The van der Waals surface area contributed by atoms with Crippen LogP contribution in [0.2, 0.25) is 0 Å². The van der Waals surface area contributed by atoms with Crippen LogP contribution >= 0.6 is 12.6 Å². The van der Waals surface area contributed by atoms with Gasteiger partial charge in [-0.15, -0.1) is 12.6 Å². The number of ether oxygens (including phenoxy) is 10. The maximum atomic E-state index is 12.2. The van der Waals surface area contributed by atoms with Gasteiger partial charge in [0.25, 0.3) is 0 Å². The molecular formula is C26H36O17S. The van der Waals surface area contributed by atoms with Gasteiger partial charge in [0, 0.05) is 48.5 Å². The van der Waals surface area contributed by atoms with Gasteiger partial charge in [0.05, 0.1) is 0 Å². The van der Waals surface area contributed by atoms with Crippen molar-refractivity contribution in [3.05, 3.63) is 0 Å². The van der Waals surface area contributed by atoms with Gasteiger partial charge in [0.15, 0.2) is 36.8 Å². The molecule has 2 rings (SSSR count). The fourth-order valence-corrected chi connectivity index (χ4v) is 4.88. The molecule has 44 heavy (non-hydrogen) atoms. The summed E-state index contributed by atoms with van der Waals surface area (Å²) in [5, 5.41) is 0. The second kappa shape index (κ2) is 16.6. The molecule has 0 aliphatic carbocycles. The molecule has 0 bridgehead atoms. The third-order valence-electron chi connectivity index (χ3n) is 5.90. The van der Waals surface area contributed by atoms with Crippen molar-refractivity contribution in [3.63, 3.8) is 0 Å². The first kappa shape index (κ1) is 36.7. The fraction of sp³-hybridized carbons (Fsp3) is 0.731. The molecule has 0 aromatic heterocycles. The van der Waals surface area contributed by atoms with E-state index in [9.17, 15) is 33.6 Å². The summed E-state index contributed by atoms with van der Waals surface area (Å²) in [6.07, 6.45) is -13.4.